The summed E-state index contributed by atoms with van der Waals surface area (Å²) in [4.78, 5) is 12.4. The molecule has 3 nitrogen and oxygen atoms in total. The van der Waals surface area contributed by atoms with Crippen LogP contribution in [0.25, 0.3) is 17.2 Å². The second-order valence-corrected chi connectivity index (χ2v) is 5.68. The minimum absolute atomic E-state index is 0.0188. The Hall–Kier alpha value is -3.40. The van der Waals surface area contributed by atoms with E-state index in [4.69, 9.17) is 4.74 Å². The second-order valence-electron chi connectivity index (χ2n) is 5.68. The highest BCUT2D eigenvalue weighted by Gasteiger charge is 2.08. The maximum atomic E-state index is 13.1. The number of carbonyl (C=O) groups excluding carboxylic acids is 1. The third kappa shape index (κ3) is 3.81. The molecule has 0 aliphatic rings. The molecule has 3 aromatic rings. The summed E-state index contributed by atoms with van der Waals surface area (Å²) in [7, 11) is 1.43. The van der Waals surface area contributed by atoms with Gasteiger partial charge in [0, 0.05) is 5.56 Å². The average molecular weight is 348 g/mol. The summed E-state index contributed by atoms with van der Waals surface area (Å²) in [6.07, 6.45) is 3.19. The SMILES string of the molecule is COc1cc(C(=O)/C=C/c2ccccc2-c2ccc(F)cc2)ccc1O. The summed E-state index contributed by atoms with van der Waals surface area (Å²) in [6, 6.07) is 18.2. The number of rotatable bonds is 5. The number of ether oxygens (including phenoxy) is 1. The quantitative estimate of drug-likeness (QED) is 0.515. The van der Waals surface area contributed by atoms with Crippen molar-refractivity contribution in [3.05, 3.63) is 89.8 Å². The molecule has 0 spiro atoms. The van der Waals surface area contributed by atoms with Gasteiger partial charge in [0.15, 0.2) is 17.3 Å². The van der Waals surface area contributed by atoms with Gasteiger partial charge in [0.1, 0.15) is 5.82 Å². The van der Waals surface area contributed by atoms with Crippen molar-refractivity contribution in [2.24, 2.45) is 0 Å². The van der Waals surface area contributed by atoms with E-state index in [9.17, 15) is 14.3 Å². The van der Waals surface area contributed by atoms with Crippen LogP contribution in [0.1, 0.15) is 15.9 Å². The van der Waals surface area contributed by atoms with Crippen LogP contribution in [-0.4, -0.2) is 18.0 Å². The molecule has 0 amide bonds. The Balaban J connectivity index is 1.89. The van der Waals surface area contributed by atoms with Crippen LogP contribution in [0.3, 0.4) is 0 Å². The van der Waals surface area contributed by atoms with Gasteiger partial charge in [0.05, 0.1) is 7.11 Å². The molecule has 4 heteroatoms. The Bertz CT molecular complexity index is 959. The van der Waals surface area contributed by atoms with E-state index in [1.54, 1.807) is 18.2 Å². The van der Waals surface area contributed by atoms with Gasteiger partial charge in [-0.05, 0) is 53.1 Å². The van der Waals surface area contributed by atoms with E-state index in [-0.39, 0.29) is 23.1 Å². The largest absolute Gasteiger partial charge is 0.504 e. The lowest BCUT2D eigenvalue weighted by atomic mass is 9.98. The molecular formula is C22H17FO3. The van der Waals surface area contributed by atoms with Crippen molar-refractivity contribution in [3.63, 3.8) is 0 Å². The maximum absolute atomic E-state index is 13.1. The van der Waals surface area contributed by atoms with E-state index < -0.39 is 0 Å². The Morgan fingerprint density at radius 2 is 1.77 bits per heavy atom. The molecule has 0 saturated heterocycles. The number of aromatic hydroxyl groups is 1. The second kappa shape index (κ2) is 7.66. The van der Waals surface area contributed by atoms with Crippen LogP contribution in [-0.2, 0) is 0 Å². The van der Waals surface area contributed by atoms with E-state index >= 15 is 0 Å². The molecule has 0 heterocycles. The molecule has 0 radical (unpaired) electrons. The molecule has 3 rings (SSSR count). The molecule has 0 bridgehead atoms. The number of halogens is 1. The smallest absolute Gasteiger partial charge is 0.185 e. The molecule has 0 aliphatic heterocycles. The standard InChI is InChI=1S/C22H17FO3/c1-26-22-14-17(9-13-21(22)25)20(24)12-8-15-4-2-3-5-19(15)16-6-10-18(23)11-7-16/h2-14,25H,1H3/b12-8+. The highest BCUT2D eigenvalue weighted by atomic mass is 19.1. The average Bonchev–Trinajstić information content (AvgIpc) is 2.67. The van der Waals surface area contributed by atoms with Gasteiger partial charge in [0.25, 0.3) is 0 Å². The summed E-state index contributed by atoms with van der Waals surface area (Å²) in [5.41, 5.74) is 3.03. The predicted octanol–water partition coefficient (Wildman–Crippen LogP) is 5.10. The van der Waals surface area contributed by atoms with Crippen LogP contribution in [0.2, 0.25) is 0 Å². The molecule has 0 atom stereocenters. The Morgan fingerprint density at radius 1 is 1.04 bits per heavy atom. The first kappa shape index (κ1) is 17.4. The van der Waals surface area contributed by atoms with Gasteiger partial charge in [0.2, 0.25) is 0 Å². The first-order chi connectivity index (χ1) is 12.6. The van der Waals surface area contributed by atoms with Crippen LogP contribution >= 0.6 is 0 Å². The van der Waals surface area contributed by atoms with E-state index in [0.717, 1.165) is 16.7 Å². The summed E-state index contributed by atoms with van der Waals surface area (Å²) in [5.74, 6) is -0.277. The van der Waals surface area contributed by atoms with Crippen molar-refractivity contribution in [3.8, 4) is 22.6 Å². The number of benzene rings is 3. The first-order valence-electron chi connectivity index (χ1n) is 8.03. The number of allylic oxidation sites excluding steroid dienone is 1. The monoisotopic (exact) mass is 348 g/mol. The number of hydrogen-bond donors (Lipinski definition) is 1. The van der Waals surface area contributed by atoms with Crippen molar-refractivity contribution in [1.82, 2.24) is 0 Å². The van der Waals surface area contributed by atoms with E-state index in [1.165, 1.54) is 43.5 Å². The molecule has 3 aromatic carbocycles. The maximum Gasteiger partial charge on any atom is 0.185 e. The Labute approximate surface area is 151 Å². The lowest BCUT2D eigenvalue weighted by molar-refractivity contribution is 0.104. The van der Waals surface area contributed by atoms with E-state index in [0.29, 0.717) is 5.56 Å². The molecule has 0 fully saturated rings. The number of phenolic OH excluding ortho intramolecular Hbond substituents is 1. The van der Waals surface area contributed by atoms with E-state index in [2.05, 4.69) is 0 Å². The number of carbonyl (C=O) groups is 1. The van der Waals surface area contributed by atoms with Gasteiger partial charge in [-0.3, -0.25) is 4.79 Å². The van der Waals surface area contributed by atoms with Crippen LogP contribution < -0.4 is 4.74 Å². The zero-order valence-corrected chi connectivity index (χ0v) is 14.1. The predicted molar refractivity (Wildman–Crippen MR) is 99.9 cm³/mol. The highest BCUT2D eigenvalue weighted by Crippen LogP contribution is 2.27. The minimum Gasteiger partial charge on any atom is -0.504 e. The third-order valence-corrected chi connectivity index (χ3v) is 3.99. The molecular weight excluding hydrogens is 331 g/mol. The van der Waals surface area contributed by atoms with Crippen molar-refractivity contribution >= 4 is 11.9 Å². The number of phenols is 1. The summed E-state index contributed by atoms with van der Waals surface area (Å²) >= 11 is 0. The lowest BCUT2D eigenvalue weighted by Crippen LogP contribution is -1.95. The van der Waals surface area contributed by atoms with Crippen molar-refractivity contribution in [1.29, 1.82) is 0 Å². The van der Waals surface area contributed by atoms with Crippen LogP contribution in [0.4, 0.5) is 4.39 Å². The van der Waals surface area contributed by atoms with Crippen molar-refractivity contribution < 1.29 is 19.0 Å². The summed E-state index contributed by atoms with van der Waals surface area (Å²) < 4.78 is 18.2. The van der Waals surface area contributed by atoms with E-state index in [1.807, 2.05) is 24.3 Å². The van der Waals surface area contributed by atoms with Gasteiger partial charge in [-0.15, -0.1) is 0 Å². The lowest BCUT2D eigenvalue weighted by Gasteiger charge is -2.07. The number of hydrogen-bond acceptors (Lipinski definition) is 3. The van der Waals surface area contributed by atoms with Gasteiger partial charge < -0.3 is 9.84 Å². The molecule has 26 heavy (non-hydrogen) atoms. The zero-order valence-electron chi connectivity index (χ0n) is 14.1. The zero-order chi connectivity index (χ0) is 18.5. The highest BCUT2D eigenvalue weighted by molar-refractivity contribution is 6.07. The molecule has 0 unspecified atom stereocenters. The minimum atomic E-state index is -0.293. The first-order valence-corrected chi connectivity index (χ1v) is 8.03. The number of methoxy groups -OCH3 is 1. The molecule has 0 saturated carbocycles. The van der Waals surface area contributed by atoms with Crippen molar-refractivity contribution in [2.45, 2.75) is 0 Å². The Morgan fingerprint density at radius 3 is 2.50 bits per heavy atom. The van der Waals surface area contributed by atoms with Crippen molar-refractivity contribution in [2.75, 3.05) is 7.11 Å². The van der Waals surface area contributed by atoms with Crippen LogP contribution in [0, 0.1) is 5.82 Å². The normalized spacial score (nSPS) is 10.8. The topological polar surface area (TPSA) is 46.5 Å². The van der Waals surface area contributed by atoms with Gasteiger partial charge in [-0.1, -0.05) is 42.5 Å². The molecule has 130 valence electrons. The fraction of sp³-hybridized carbons (Fsp3) is 0.0455. The van der Waals surface area contributed by atoms with Crippen LogP contribution in [0.5, 0.6) is 11.5 Å². The summed E-state index contributed by atoms with van der Waals surface area (Å²) in [5, 5.41) is 9.63. The van der Waals surface area contributed by atoms with Gasteiger partial charge in [-0.25, -0.2) is 4.39 Å². The Kier molecular flexibility index (Phi) is 5.13. The van der Waals surface area contributed by atoms with Gasteiger partial charge >= 0.3 is 0 Å². The molecule has 0 aromatic heterocycles. The molecule has 1 N–H and O–H groups in total. The van der Waals surface area contributed by atoms with Gasteiger partial charge in [-0.2, -0.15) is 0 Å². The molecule has 0 aliphatic carbocycles. The summed E-state index contributed by atoms with van der Waals surface area (Å²) in [6.45, 7) is 0. The third-order valence-electron chi connectivity index (χ3n) is 3.99. The van der Waals surface area contributed by atoms with Crippen LogP contribution in [0.15, 0.2) is 72.8 Å². The number of ketones is 1. The fourth-order valence-corrected chi connectivity index (χ4v) is 2.63. The fourth-order valence-electron chi connectivity index (χ4n) is 2.63.